The van der Waals surface area contributed by atoms with Gasteiger partial charge in [-0.2, -0.15) is 5.10 Å². The molecule has 0 saturated heterocycles. The minimum Gasteiger partial charge on any atom is -0.396 e. The normalized spacial score (nSPS) is 11.4. The number of nitrogen functional groups attached to an aromatic ring is 1. The van der Waals surface area contributed by atoms with Crippen LogP contribution in [0.3, 0.4) is 0 Å². The van der Waals surface area contributed by atoms with Crippen LogP contribution in [-0.4, -0.2) is 43.5 Å². The Bertz CT molecular complexity index is 507. The van der Waals surface area contributed by atoms with Crippen LogP contribution in [0.2, 0.25) is 0 Å². The van der Waals surface area contributed by atoms with Gasteiger partial charge in [0, 0.05) is 19.8 Å². The van der Waals surface area contributed by atoms with Gasteiger partial charge >= 0.3 is 0 Å². The maximum atomic E-state index is 11.6. The molecular weight excluding hydrogens is 246 g/mol. The molecule has 0 atom stereocenters. The average molecular weight is 261 g/mol. The highest BCUT2D eigenvalue weighted by Crippen LogP contribution is 2.07. The van der Waals surface area contributed by atoms with Gasteiger partial charge in [-0.1, -0.05) is 0 Å². The molecule has 0 saturated carbocycles. The number of hydrogen-bond donors (Lipinski definition) is 3. The summed E-state index contributed by atoms with van der Waals surface area (Å²) in [4.78, 5) is 11.6. The third-order valence-electron chi connectivity index (χ3n) is 2.04. The molecule has 0 unspecified atom stereocenters. The first kappa shape index (κ1) is 13.5. The number of nitrogens with zero attached hydrogens (tertiary/aromatic N) is 2. The van der Waals surface area contributed by atoms with Crippen LogP contribution in [0.25, 0.3) is 0 Å². The highest BCUT2D eigenvalue weighted by molar-refractivity contribution is 7.89. The van der Waals surface area contributed by atoms with Gasteiger partial charge < -0.3 is 11.1 Å². The van der Waals surface area contributed by atoms with Gasteiger partial charge in [0.15, 0.2) is 5.69 Å². The fourth-order valence-electron chi connectivity index (χ4n) is 1.17. The third kappa shape index (κ3) is 3.71. The Hall–Kier alpha value is -1.61. The van der Waals surface area contributed by atoms with Gasteiger partial charge in [0.05, 0.1) is 11.4 Å². The van der Waals surface area contributed by atoms with Crippen molar-refractivity contribution in [1.29, 1.82) is 0 Å². The predicted molar refractivity (Wildman–Crippen MR) is 62.8 cm³/mol. The van der Waals surface area contributed by atoms with E-state index in [0.717, 1.165) is 0 Å². The number of sulfonamides is 1. The van der Waals surface area contributed by atoms with Crippen molar-refractivity contribution in [3.8, 4) is 0 Å². The zero-order valence-electron chi connectivity index (χ0n) is 9.60. The number of amides is 1. The zero-order valence-corrected chi connectivity index (χ0v) is 10.4. The molecule has 1 aromatic heterocycles. The Labute approximate surface area is 99.2 Å². The summed E-state index contributed by atoms with van der Waals surface area (Å²) in [5.74, 6) is -0.684. The third-order valence-corrected chi connectivity index (χ3v) is 3.40. The van der Waals surface area contributed by atoms with Gasteiger partial charge in [-0.25, -0.2) is 13.1 Å². The van der Waals surface area contributed by atoms with E-state index in [0.29, 0.717) is 0 Å². The maximum absolute atomic E-state index is 11.6. The van der Waals surface area contributed by atoms with Crippen molar-refractivity contribution in [2.75, 3.05) is 25.1 Å². The Kier molecular flexibility index (Phi) is 4.07. The summed E-state index contributed by atoms with van der Waals surface area (Å²) in [7, 11) is -0.373. The number of nitrogens with one attached hydrogen (secondary N) is 2. The highest BCUT2D eigenvalue weighted by atomic mass is 32.2. The largest absolute Gasteiger partial charge is 0.396 e. The van der Waals surface area contributed by atoms with Crippen LogP contribution >= 0.6 is 0 Å². The van der Waals surface area contributed by atoms with Crippen molar-refractivity contribution < 1.29 is 13.2 Å². The van der Waals surface area contributed by atoms with Crippen LogP contribution in [0.1, 0.15) is 10.5 Å². The summed E-state index contributed by atoms with van der Waals surface area (Å²) in [5, 5.41) is 6.29. The van der Waals surface area contributed by atoms with Crippen molar-refractivity contribution >= 4 is 21.6 Å². The molecule has 0 aliphatic carbocycles. The first-order chi connectivity index (χ1) is 7.85. The van der Waals surface area contributed by atoms with Crippen molar-refractivity contribution in [2.45, 2.75) is 0 Å². The van der Waals surface area contributed by atoms with Crippen LogP contribution in [0.15, 0.2) is 6.20 Å². The van der Waals surface area contributed by atoms with Gasteiger partial charge in [-0.15, -0.1) is 0 Å². The Morgan fingerprint density at radius 3 is 2.71 bits per heavy atom. The fourth-order valence-corrected chi connectivity index (χ4v) is 1.74. The summed E-state index contributed by atoms with van der Waals surface area (Å²) < 4.78 is 25.7. The van der Waals surface area contributed by atoms with E-state index in [1.807, 2.05) is 0 Å². The van der Waals surface area contributed by atoms with Crippen molar-refractivity contribution in [2.24, 2.45) is 7.05 Å². The molecule has 1 amide bonds. The van der Waals surface area contributed by atoms with E-state index in [1.165, 1.54) is 17.9 Å². The molecule has 1 rings (SSSR count). The van der Waals surface area contributed by atoms with Gasteiger partial charge in [0.1, 0.15) is 0 Å². The molecule has 9 heteroatoms. The lowest BCUT2D eigenvalue weighted by Crippen LogP contribution is -2.33. The predicted octanol–water partition coefficient (Wildman–Crippen LogP) is -1.72. The summed E-state index contributed by atoms with van der Waals surface area (Å²) in [5.41, 5.74) is 5.89. The summed E-state index contributed by atoms with van der Waals surface area (Å²) in [6.45, 7) is -0.00196. The Morgan fingerprint density at radius 2 is 2.24 bits per heavy atom. The lowest BCUT2D eigenvalue weighted by atomic mass is 10.3. The lowest BCUT2D eigenvalue weighted by molar-refractivity contribution is 0.0951. The monoisotopic (exact) mass is 261 g/mol. The first-order valence-corrected chi connectivity index (χ1v) is 6.49. The minimum atomic E-state index is -3.32. The van der Waals surface area contributed by atoms with E-state index in [4.69, 9.17) is 5.73 Å². The van der Waals surface area contributed by atoms with E-state index in [2.05, 4.69) is 15.1 Å². The summed E-state index contributed by atoms with van der Waals surface area (Å²) >= 11 is 0. The van der Waals surface area contributed by atoms with Gasteiger partial charge in [-0.3, -0.25) is 9.48 Å². The second kappa shape index (κ2) is 5.15. The molecule has 1 aromatic rings. The molecule has 8 nitrogen and oxygen atoms in total. The highest BCUT2D eigenvalue weighted by Gasteiger charge is 2.14. The average Bonchev–Trinajstić information content (AvgIpc) is 2.57. The van der Waals surface area contributed by atoms with Crippen molar-refractivity contribution in [3.63, 3.8) is 0 Å². The van der Waals surface area contributed by atoms with Gasteiger partial charge in [0.25, 0.3) is 5.91 Å². The second-order valence-corrected chi connectivity index (χ2v) is 5.43. The summed E-state index contributed by atoms with van der Waals surface area (Å²) in [6.07, 6.45) is 1.50. The quantitative estimate of drug-likeness (QED) is 0.582. The number of rotatable bonds is 5. The maximum Gasteiger partial charge on any atom is 0.273 e. The molecule has 0 aromatic carbocycles. The van der Waals surface area contributed by atoms with E-state index in [9.17, 15) is 13.2 Å². The smallest absolute Gasteiger partial charge is 0.273 e. The van der Waals surface area contributed by atoms with Crippen LogP contribution in [0, 0.1) is 0 Å². The molecule has 96 valence electrons. The number of carbonyl (C=O) groups excluding carboxylic acids is 1. The number of aromatic nitrogens is 2. The molecule has 0 spiro atoms. The Balaban J connectivity index is 2.54. The molecule has 0 aliphatic heterocycles. The van der Waals surface area contributed by atoms with Crippen LogP contribution in [0.4, 0.5) is 5.69 Å². The summed E-state index contributed by atoms with van der Waals surface area (Å²) in [6, 6.07) is 0. The zero-order chi connectivity index (χ0) is 13.1. The number of carbonyl (C=O) groups is 1. The standard InChI is InChI=1S/C8H15N5O3S/c1-10-17(15,16)4-3-11-8(14)7-6(9)5-13(2)12-7/h5,10H,3-4,9H2,1-2H3,(H,11,14). The SMILES string of the molecule is CNS(=O)(=O)CCNC(=O)c1nn(C)cc1N. The molecule has 0 aliphatic rings. The van der Waals surface area contributed by atoms with E-state index in [1.54, 1.807) is 7.05 Å². The van der Waals surface area contributed by atoms with Crippen molar-refractivity contribution in [1.82, 2.24) is 19.8 Å². The van der Waals surface area contributed by atoms with Crippen LogP contribution in [0.5, 0.6) is 0 Å². The fraction of sp³-hybridized carbons (Fsp3) is 0.500. The topological polar surface area (TPSA) is 119 Å². The molecule has 4 N–H and O–H groups in total. The lowest BCUT2D eigenvalue weighted by Gasteiger charge is -2.04. The van der Waals surface area contributed by atoms with E-state index < -0.39 is 15.9 Å². The number of nitrogens with two attached hydrogens (primary N) is 1. The van der Waals surface area contributed by atoms with Gasteiger partial charge in [0.2, 0.25) is 10.0 Å². The molecule has 0 radical (unpaired) electrons. The molecular formula is C8H15N5O3S. The van der Waals surface area contributed by atoms with Crippen molar-refractivity contribution in [3.05, 3.63) is 11.9 Å². The van der Waals surface area contributed by atoms with E-state index in [-0.39, 0.29) is 23.7 Å². The molecule has 17 heavy (non-hydrogen) atoms. The van der Waals surface area contributed by atoms with Crippen LogP contribution < -0.4 is 15.8 Å². The van der Waals surface area contributed by atoms with E-state index >= 15 is 0 Å². The number of aryl methyl sites for hydroxylation is 1. The van der Waals surface area contributed by atoms with Gasteiger partial charge in [-0.05, 0) is 7.05 Å². The second-order valence-electron chi connectivity index (χ2n) is 3.39. The Morgan fingerprint density at radius 1 is 1.59 bits per heavy atom. The molecule has 1 heterocycles. The molecule has 0 fully saturated rings. The van der Waals surface area contributed by atoms with Crippen LogP contribution in [-0.2, 0) is 17.1 Å². The first-order valence-electron chi connectivity index (χ1n) is 4.84. The number of anilines is 1. The minimum absolute atomic E-state index is 0.00196. The number of hydrogen-bond acceptors (Lipinski definition) is 5. The molecule has 0 bridgehead atoms.